The molecule has 2 aromatic carbocycles. The number of hydrogen-bond donors (Lipinski definition) is 0. The minimum atomic E-state index is -0.105. The zero-order valence-corrected chi connectivity index (χ0v) is 20.3. The molecule has 2 aliphatic heterocycles. The Labute approximate surface area is 203 Å². The van der Waals surface area contributed by atoms with E-state index in [9.17, 15) is 9.59 Å². The van der Waals surface area contributed by atoms with E-state index in [0.29, 0.717) is 79.9 Å². The van der Waals surface area contributed by atoms with Gasteiger partial charge < -0.3 is 24.0 Å². The van der Waals surface area contributed by atoms with E-state index in [2.05, 4.69) is 4.90 Å². The van der Waals surface area contributed by atoms with Crippen molar-refractivity contribution in [1.29, 1.82) is 0 Å². The molecule has 0 unspecified atom stereocenters. The fourth-order valence-corrected chi connectivity index (χ4v) is 4.51. The summed E-state index contributed by atoms with van der Waals surface area (Å²) in [7, 11) is 0. The SMILES string of the molecule is CCn1c(N2CCN(C(=O)c3ccc(OC(C)C)cc3)CC2)nc2cc3c(cc2c1=O)OCCO3. The number of carbonyl (C=O) groups is 1. The molecule has 0 saturated carbocycles. The number of fused-ring (bicyclic) bond motifs is 2. The first-order valence-corrected chi connectivity index (χ1v) is 12.1. The minimum Gasteiger partial charge on any atom is -0.491 e. The number of rotatable bonds is 5. The van der Waals surface area contributed by atoms with Gasteiger partial charge in [0.25, 0.3) is 11.5 Å². The standard InChI is InChI=1S/C26H30N4O5/c1-4-30-25(32)20-15-22-23(34-14-13-33-22)16-21(20)27-26(30)29-11-9-28(10-12-29)24(31)18-5-7-19(8-6-18)35-17(2)3/h5-8,15-17H,4,9-14H2,1-3H3. The van der Waals surface area contributed by atoms with E-state index in [1.165, 1.54) is 0 Å². The summed E-state index contributed by atoms with van der Waals surface area (Å²) in [6.45, 7) is 9.56. The molecule has 5 rings (SSSR count). The van der Waals surface area contributed by atoms with Crippen molar-refractivity contribution in [1.82, 2.24) is 14.5 Å². The van der Waals surface area contributed by atoms with Gasteiger partial charge in [-0.25, -0.2) is 4.98 Å². The van der Waals surface area contributed by atoms with Gasteiger partial charge in [-0.3, -0.25) is 14.2 Å². The van der Waals surface area contributed by atoms with Crippen LogP contribution in [0.3, 0.4) is 0 Å². The second kappa shape index (κ2) is 9.48. The van der Waals surface area contributed by atoms with Crippen molar-refractivity contribution >= 4 is 22.8 Å². The topological polar surface area (TPSA) is 86.1 Å². The summed E-state index contributed by atoms with van der Waals surface area (Å²) in [6, 6.07) is 10.8. The molecule has 3 heterocycles. The second-order valence-electron chi connectivity index (χ2n) is 8.94. The predicted octanol–water partition coefficient (Wildman–Crippen LogP) is 2.94. The lowest BCUT2D eigenvalue weighted by Crippen LogP contribution is -2.50. The Morgan fingerprint density at radius 1 is 1.03 bits per heavy atom. The van der Waals surface area contributed by atoms with Gasteiger partial charge in [-0.2, -0.15) is 0 Å². The van der Waals surface area contributed by atoms with Crippen molar-refractivity contribution in [2.75, 3.05) is 44.3 Å². The number of aromatic nitrogens is 2. The van der Waals surface area contributed by atoms with Crippen LogP contribution >= 0.6 is 0 Å². The molecule has 1 saturated heterocycles. The zero-order valence-electron chi connectivity index (χ0n) is 20.3. The Hall–Kier alpha value is -3.75. The fraction of sp³-hybridized carbons (Fsp3) is 0.423. The predicted molar refractivity (Wildman–Crippen MR) is 133 cm³/mol. The first kappa shape index (κ1) is 23.0. The lowest BCUT2D eigenvalue weighted by molar-refractivity contribution is 0.0746. The summed E-state index contributed by atoms with van der Waals surface area (Å²) >= 11 is 0. The van der Waals surface area contributed by atoms with Crippen molar-refractivity contribution < 1.29 is 19.0 Å². The molecule has 184 valence electrons. The molecule has 2 aliphatic rings. The van der Waals surface area contributed by atoms with E-state index in [1.807, 2.05) is 37.8 Å². The number of benzene rings is 2. The van der Waals surface area contributed by atoms with Gasteiger partial charge in [0.2, 0.25) is 5.95 Å². The molecular formula is C26H30N4O5. The molecule has 9 nitrogen and oxygen atoms in total. The summed E-state index contributed by atoms with van der Waals surface area (Å²) in [5, 5.41) is 0.513. The highest BCUT2D eigenvalue weighted by molar-refractivity contribution is 5.94. The van der Waals surface area contributed by atoms with Crippen molar-refractivity contribution in [3.63, 3.8) is 0 Å². The molecule has 1 fully saturated rings. The highest BCUT2D eigenvalue weighted by Gasteiger charge is 2.26. The lowest BCUT2D eigenvalue weighted by atomic mass is 10.1. The largest absolute Gasteiger partial charge is 0.491 e. The third-order valence-electron chi connectivity index (χ3n) is 6.24. The minimum absolute atomic E-state index is 0.0103. The number of ether oxygens (including phenoxy) is 3. The van der Waals surface area contributed by atoms with Gasteiger partial charge in [-0.05, 0) is 51.1 Å². The van der Waals surface area contributed by atoms with Gasteiger partial charge in [-0.1, -0.05) is 0 Å². The highest BCUT2D eigenvalue weighted by Crippen LogP contribution is 2.33. The van der Waals surface area contributed by atoms with E-state index in [1.54, 1.807) is 28.8 Å². The van der Waals surface area contributed by atoms with Gasteiger partial charge in [0, 0.05) is 44.4 Å². The van der Waals surface area contributed by atoms with Crippen LogP contribution in [0.1, 0.15) is 31.1 Å². The van der Waals surface area contributed by atoms with E-state index >= 15 is 0 Å². The quantitative estimate of drug-likeness (QED) is 0.557. The Morgan fingerprint density at radius 3 is 2.31 bits per heavy atom. The van der Waals surface area contributed by atoms with Gasteiger partial charge >= 0.3 is 0 Å². The normalized spacial score (nSPS) is 15.5. The lowest BCUT2D eigenvalue weighted by Gasteiger charge is -2.36. The maximum Gasteiger partial charge on any atom is 0.262 e. The van der Waals surface area contributed by atoms with Crippen LogP contribution in [0.4, 0.5) is 5.95 Å². The third kappa shape index (κ3) is 4.50. The van der Waals surface area contributed by atoms with Crippen molar-refractivity contribution in [2.24, 2.45) is 0 Å². The average Bonchev–Trinajstić information content (AvgIpc) is 2.87. The molecule has 0 bridgehead atoms. The number of piperazine rings is 1. The molecule has 9 heteroatoms. The van der Waals surface area contributed by atoms with Crippen molar-refractivity contribution in [3.05, 3.63) is 52.3 Å². The molecule has 0 atom stereocenters. The molecule has 3 aromatic rings. The van der Waals surface area contributed by atoms with Gasteiger partial charge in [-0.15, -0.1) is 0 Å². The summed E-state index contributed by atoms with van der Waals surface area (Å²) in [5.41, 5.74) is 1.11. The molecule has 1 aromatic heterocycles. The Morgan fingerprint density at radius 2 is 1.69 bits per heavy atom. The molecule has 0 radical (unpaired) electrons. The van der Waals surface area contributed by atoms with Gasteiger partial charge in [0.1, 0.15) is 19.0 Å². The molecule has 0 aliphatic carbocycles. The summed E-state index contributed by atoms with van der Waals surface area (Å²) in [5.74, 6) is 2.54. The van der Waals surface area contributed by atoms with E-state index < -0.39 is 0 Å². The first-order valence-electron chi connectivity index (χ1n) is 12.1. The van der Waals surface area contributed by atoms with Crippen LogP contribution < -0.4 is 24.7 Å². The second-order valence-corrected chi connectivity index (χ2v) is 8.94. The number of hydrogen-bond acceptors (Lipinski definition) is 7. The van der Waals surface area contributed by atoms with Crippen LogP contribution in [0.15, 0.2) is 41.2 Å². The Bertz CT molecular complexity index is 1290. The smallest absolute Gasteiger partial charge is 0.262 e. The van der Waals surface area contributed by atoms with Crippen LogP contribution in [-0.2, 0) is 6.54 Å². The molecule has 1 amide bonds. The third-order valence-corrected chi connectivity index (χ3v) is 6.24. The van der Waals surface area contributed by atoms with Crippen LogP contribution in [0.5, 0.6) is 17.2 Å². The highest BCUT2D eigenvalue weighted by atomic mass is 16.6. The number of nitrogens with zero attached hydrogens (tertiary/aromatic N) is 4. The van der Waals surface area contributed by atoms with Crippen LogP contribution in [0.25, 0.3) is 10.9 Å². The van der Waals surface area contributed by atoms with Gasteiger partial charge in [0.15, 0.2) is 11.5 Å². The van der Waals surface area contributed by atoms with Crippen LogP contribution in [0, 0.1) is 0 Å². The van der Waals surface area contributed by atoms with E-state index in [-0.39, 0.29) is 17.6 Å². The van der Waals surface area contributed by atoms with Crippen LogP contribution in [0.2, 0.25) is 0 Å². The fourth-order valence-electron chi connectivity index (χ4n) is 4.51. The van der Waals surface area contributed by atoms with Crippen molar-refractivity contribution in [3.8, 4) is 17.2 Å². The Balaban J connectivity index is 1.34. The number of amides is 1. The molecule has 0 N–H and O–H groups in total. The van der Waals surface area contributed by atoms with Crippen LogP contribution in [-0.4, -0.2) is 65.9 Å². The first-order chi connectivity index (χ1) is 16.9. The van der Waals surface area contributed by atoms with E-state index in [4.69, 9.17) is 19.2 Å². The number of carbonyl (C=O) groups excluding carboxylic acids is 1. The Kier molecular flexibility index (Phi) is 6.23. The zero-order chi connectivity index (χ0) is 24.5. The summed E-state index contributed by atoms with van der Waals surface area (Å²) < 4.78 is 18.7. The molecule has 35 heavy (non-hydrogen) atoms. The summed E-state index contributed by atoms with van der Waals surface area (Å²) in [6.07, 6.45) is 0.0835. The maximum absolute atomic E-state index is 13.3. The number of anilines is 1. The monoisotopic (exact) mass is 478 g/mol. The maximum atomic E-state index is 13.3. The average molecular weight is 479 g/mol. The summed E-state index contributed by atoms with van der Waals surface area (Å²) in [4.78, 5) is 35.1. The molecule has 0 spiro atoms. The van der Waals surface area contributed by atoms with E-state index in [0.717, 1.165) is 5.75 Å². The van der Waals surface area contributed by atoms with Gasteiger partial charge in [0.05, 0.1) is 17.0 Å². The molecular weight excluding hydrogens is 448 g/mol. The van der Waals surface area contributed by atoms with Crippen molar-refractivity contribution in [2.45, 2.75) is 33.4 Å².